The highest BCUT2D eigenvalue weighted by Gasteiger charge is 2.15. The van der Waals surface area contributed by atoms with E-state index < -0.39 is 0 Å². The summed E-state index contributed by atoms with van der Waals surface area (Å²) in [6, 6.07) is 42.7. The van der Waals surface area contributed by atoms with E-state index in [0.29, 0.717) is 0 Å². The van der Waals surface area contributed by atoms with Crippen LogP contribution in [0.25, 0.3) is 87.7 Å². The van der Waals surface area contributed by atoms with Gasteiger partial charge in [0, 0.05) is 30.5 Å². The van der Waals surface area contributed by atoms with Gasteiger partial charge in [0.15, 0.2) is 0 Å². The minimum Gasteiger partial charge on any atom is -0.456 e. The lowest BCUT2D eigenvalue weighted by Gasteiger charge is -2.13. The van der Waals surface area contributed by atoms with Gasteiger partial charge in [-0.05, 0) is 124 Å². The smallest absolute Gasteiger partial charge is 0.135 e. The molecule has 9 aromatic rings. The third kappa shape index (κ3) is 3.55. The van der Waals surface area contributed by atoms with Crippen LogP contribution in [-0.4, -0.2) is 0 Å². The summed E-state index contributed by atoms with van der Waals surface area (Å²) in [7, 11) is 0. The number of benzene rings is 7. The van der Waals surface area contributed by atoms with Crippen molar-refractivity contribution in [3.05, 3.63) is 130 Å². The van der Waals surface area contributed by atoms with Gasteiger partial charge in [-0.1, -0.05) is 72.8 Å². The van der Waals surface area contributed by atoms with Gasteiger partial charge in [0.25, 0.3) is 0 Å². The Morgan fingerprint density at radius 3 is 1.12 bits per heavy atom. The first kappa shape index (κ1) is 24.2. The summed E-state index contributed by atoms with van der Waals surface area (Å²) in [5.74, 6) is 0. The molecule has 0 saturated heterocycles. The van der Waals surface area contributed by atoms with Crippen molar-refractivity contribution in [2.24, 2.45) is 0 Å². The van der Waals surface area contributed by atoms with E-state index in [0.717, 1.165) is 63.9 Å². The lowest BCUT2D eigenvalue weighted by molar-refractivity contribution is 0.668. The Balaban J connectivity index is 1.19. The first-order valence-electron chi connectivity index (χ1n) is 13.8. The molecule has 9 rings (SSSR count). The lowest BCUT2D eigenvalue weighted by Crippen LogP contribution is -1.87. The van der Waals surface area contributed by atoms with E-state index in [1.54, 1.807) is 0 Å². The molecule has 0 N–H and O–H groups in total. The molecule has 2 nitrogen and oxygen atoms in total. The number of hydrogen-bond donors (Lipinski definition) is 0. The third-order valence-electron chi connectivity index (χ3n) is 8.41. The normalized spacial score (nSPS) is 12.0. The molecule has 4 heteroatoms. The van der Waals surface area contributed by atoms with Crippen LogP contribution in [0.15, 0.2) is 139 Å². The molecular weight excluding hydrogens is 648 g/mol. The molecule has 0 aliphatic rings. The van der Waals surface area contributed by atoms with Crippen LogP contribution in [0, 0.1) is 0 Å². The Bertz CT molecular complexity index is 2370. The molecule has 2 aromatic heterocycles. The Morgan fingerprint density at radius 1 is 0.310 bits per heavy atom. The highest BCUT2D eigenvalue weighted by Crippen LogP contribution is 2.43. The van der Waals surface area contributed by atoms with Gasteiger partial charge in [-0.3, -0.25) is 0 Å². The van der Waals surface area contributed by atoms with E-state index in [9.17, 15) is 0 Å². The lowest BCUT2D eigenvalue weighted by atomic mass is 9.95. The van der Waals surface area contributed by atoms with Crippen molar-refractivity contribution < 1.29 is 8.83 Å². The van der Waals surface area contributed by atoms with Gasteiger partial charge in [0.1, 0.15) is 22.3 Å². The molecule has 0 unspecified atom stereocenters. The second-order valence-corrected chi connectivity index (χ2v) is 12.4. The summed E-state index contributed by atoms with van der Waals surface area (Å²) in [5, 5.41) is 9.23. The Labute approximate surface area is 257 Å². The van der Waals surface area contributed by atoms with Gasteiger partial charge in [-0.2, -0.15) is 0 Å². The van der Waals surface area contributed by atoms with Crippen molar-refractivity contribution in [3.63, 3.8) is 0 Å². The van der Waals surface area contributed by atoms with Crippen molar-refractivity contribution in [1.82, 2.24) is 0 Å². The zero-order chi connectivity index (χ0) is 27.9. The van der Waals surface area contributed by atoms with E-state index >= 15 is 0 Å². The Hall–Kier alpha value is -4.38. The predicted molar refractivity (Wildman–Crippen MR) is 182 cm³/mol. The first-order valence-corrected chi connectivity index (χ1v) is 15.4. The predicted octanol–water partition coefficient (Wildman–Crippen LogP) is 12.7. The van der Waals surface area contributed by atoms with Crippen molar-refractivity contribution in [1.29, 1.82) is 0 Å². The minimum absolute atomic E-state index is 0.909. The van der Waals surface area contributed by atoms with Crippen molar-refractivity contribution in [2.75, 3.05) is 0 Å². The SMILES string of the molecule is Brc1c2ccc(-c3ccc4oc5ccccc5c4c3)cc2c(Br)c2ccc(-c3ccc4oc5ccccc5c4c3)cc12. The van der Waals surface area contributed by atoms with Crippen LogP contribution in [0.2, 0.25) is 0 Å². The molecule has 42 heavy (non-hydrogen) atoms. The number of rotatable bonds is 2. The van der Waals surface area contributed by atoms with Crippen molar-refractivity contribution in [2.45, 2.75) is 0 Å². The molecule has 7 aromatic carbocycles. The number of para-hydroxylation sites is 2. The maximum Gasteiger partial charge on any atom is 0.135 e. The van der Waals surface area contributed by atoms with E-state index in [1.807, 2.05) is 24.3 Å². The summed E-state index contributed by atoms with van der Waals surface area (Å²) >= 11 is 7.95. The van der Waals surface area contributed by atoms with Gasteiger partial charge < -0.3 is 8.83 Å². The van der Waals surface area contributed by atoms with Gasteiger partial charge >= 0.3 is 0 Å². The van der Waals surface area contributed by atoms with Gasteiger partial charge in [-0.25, -0.2) is 0 Å². The number of furan rings is 2. The maximum absolute atomic E-state index is 6.06. The van der Waals surface area contributed by atoms with Crippen molar-refractivity contribution >= 4 is 97.3 Å². The summed E-state index contributed by atoms with van der Waals surface area (Å²) in [6.07, 6.45) is 0. The van der Waals surface area contributed by atoms with Crippen LogP contribution in [-0.2, 0) is 0 Å². The largest absolute Gasteiger partial charge is 0.456 e. The molecule has 0 radical (unpaired) electrons. The van der Waals surface area contributed by atoms with Crippen molar-refractivity contribution in [3.8, 4) is 22.3 Å². The molecule has 0 atom stereocenters. The molecule has 0 amide bonds. The van der Waals surface area contributed by atoms with Gasteiger partial charge in [0.2, 0.25) is 0 Å². The minimum atomic E-state index is 0.909. The zero-order valence-corrected chi connectivity index (χ0v) is 25.3. The first-order chi connectivity index (χ1) is 20.6. The monoisotopic (exact) mass is 666 g/mol. The third-order valence-corrected chi connectivity index (χ3v) is 10.1. The molecule has 0 aliphatic heterocycles. The van der Waals surface area contributed by atoms with E-state index in [1.165, 1.54) is 32.7 Å². The standard InChI is InChI=1S/C38H20Br2O2/c39-37-28-14-10-22(24-12-16-36-30(18-24)26-6-2-4-8-34(26)42-36)20-32(28)38(40)27-13-9-21(19-31(27)37)23-11-15-35-29(17-23)25-5-1-3-7-33(25)41-35/h1-20H. The number of hydrogen-bond acceptors (Lipinski definition) is 2. The zero-order valence-electron chi connectivity index (χ0n) is 22.1. The van der Waals surface area contributed by atoms with Crippen LogP contribution >= 0.6 is 31.9 Å². The fraction of sp³-hybridized carbons (Fsp3) is 0. The van der Waals surface area contributed by atoms with E-state index in [2.05, 4.69) is 129 Å². The fourth-order valence-electron chi connectivity index (χ4n) is 6.30. The van der Waals surface area contributed by atoms with Gasteiger partial charge in [0.05, 0.1) is 0 Å². The fourth-order valence-corrected chi connectivity index (χ4v) is 7.64. The summed E-state index contributed by atoms with van der Waals surface area (Å²) in [6.45, 7) is 0. The van der Waals surface area contributed by atoms with Crippen LogP contribution in [0.4, 0.5) is 0 Å². The topological polar surface area (TPSA) is 26.3 Å². The average Bonchev–Trinajstić information content (AvgIpc) is 3.60. The number of fused-ring (bicyclic) bond motifs is 8. The van der Waals surface area contributed by atoms with Crippen LogP contribution in [0.1, 0.15) is 0 Å². The molecule has 0 aliphatic carbocycles. The highest BCUT2D eigenvalue weighted by molar-refractivity contribution is 9.11. The highest BCUT2D eigenvalue weighted by atomic mass is 79.9. The number of halogens is 2. The summed E-state index contributed by atoms with van der Waals surface area (Å²) in [5.41, 5.74) is 8.31. The second kappa shape index (κ2) is 9.06. The molecule has 2 heterocycles. The summed E-state index contributed by atoms with van der Waals surface area (Å²) in [4.78, 5) is 0. The molecule has 0 spiro atoms. The van der Waals surface area contributed by atoms with Crippen LogP contribution < -0.4 is 0 Å². The van der Waals surface area contributed by atoms with Gasteiger partial charge in [-0.15, -0.1) is 0 Å². The molecular formula is C38H20Br2O2. The molecule has 0 bridgehead atoms. The quantitative estimate of drug-likeness (QED) is 0.171. The Kier molecular flexibility index (Phi) is 5.23. The van der Waals surface area contributed by atoms with E-state index in [-0.39, 0.29) is 0 Å². The summed E-state index contributed by atoms with van der Waals surface area (Å²) < 4.78 is 14.3. The van der Waals surface area contributed by atoms with Crippen LogP contribution in [0.3, 0.4) is 0 Å². The average molecular weight is 668 g/mol. The second-order valence-electron chi connectivity index (χ2n) is 10.8. The Morgan fingerprint density at radius 2 is 0.667 bits per heavy atom. The molecule has 0 saturated carbocycles. The molecule has 0 fully saturated rings. The maximum atomic E-state index is 6.06. The van der Waals surface area contributed by atoms with Crippen LogP contribution in [0.5, 0.6) is 0 Å². The molecule has 198 valence electrons. The van der Waals surface area contributed by atoms with E-state index in [4.69, 9.17) is 8.83 Å².